The molecule has 1 fully saturated rings. The van der Waals surface area contributed by atoms with Crippen LogP contribution in [0, 0.1) is 0 Å². The third kappa shape index (κ3) is 3.65. The van der Waals surface area contributed by atoms with Gasteiger partial charge in [0, 0.05) is 5.02 Å². The third-order valence-electron chi connectivity index (χ3n) is 2.96. The summed E-state index contributed by atoms with van der Waals surface area (Å²) in [4.78, 5) is 12.0. The van der Waals surface area contributed by atoms with Gasteiger partial charge in [-0.1, -0.05) is 46.6 Å². The lowest BCUT2D eigenvalue weighted by molar-refractivity contribution is -0.113. The van der Waals surface area contributed by atoms with Crippen LogP contribution in [-0.2, 0) is 4.79 Å². The molecule has 0 spiro atoms. The van der Waals surface area contributed by atoms with E-state index in [9.17, 15) is 4.79 Å². The van der Waals surface area contributed by atoms with E-state index in [1.807, 2.05) is 0 Å². The summed E-state index contributed by atoms with van der Waals surface area (Å²) in [5, 5.41) is 15.8. The zero-order valence-electron chi connectivity index (χ0n) is 11.1. The number of rotatable bonds is 5. The van der Waals surface area contributed by atoms with Crippen molar-refractivity contribution in [3.8, 4) is 0 Å². The Morgan fingerprint density at radius 3 is 2.64 bits per heavy atom. The Morgan fingerprint density at radius 2 is 2.00 bits per heavy atom. The number of benzene rings is 1. The number of halogens is 3. The minimum Gasteiger partial charge on any atom is -0.323 e. The van der Waals surface area contributed by atoms with Crippen molar-refractivity contribution in [2.75, 3.05) is 11.1 Å². The summed E-state index contributed by atoms with van der Waals surface area (Å²) < 4.78 is 1.75. The van der Waals surface area contributed by atoms with Crippen molar-refractivity contribution < 1.29 is 4.79 Å². The molecule has 3 rings (SSSR count). The van der Waals surface area contributed by atoms with Crippen LogP contribution in [0.3, 0.4) is 0 Å². The number of nitrogens with one attached hydrogen (secondary N) is 1. The van der Waals surface area contributed by atoms with Crippen molar-refractivity contribution in [1.29, 1.82) is 0 Å². The van der Waals surface area contributed by atoms with Gasteiger partial charge in [0.15, 0.2) is 0 Å². The zero-order chi connectivity index (χ0) is 15.7. The van der Waals surface area contributed by atoms with E-state index in [1.165, 1.54) is 23.9 Å². The SMILES string of the molecule is O=C(CSc1nnnn1C1CC1)Nc1c(Cl)cc(Cl)cc1Cl. The predicted octanol–water partition coefficient (Wildman–Crippen LogP) is 3.70. The van der Waals surface area contributed by atoms with E-state index in [-0.39, 0.29) is 11.7 Å². The number of aromatic nitrogens is 4. The van der Waals surface area contributed by atoms with Gasteiger partial charge in [-0.3, -0.25) is 4.79 Å². The van der Waals surface area contributed by atoms with Crippen LogP contribution in [0.1, 0.15) is 18.9 Å². The minimum absolute atomic E-state index is 0.155. The Morgan fingerprint density at radius 1 is 1.32 bits per heavy atom. The average Bonchev–Trinajstić information content (AvgIpc) is 3.19. The van der Waals surface area contributed by atoms with E-state index in [0.717, 1.165) is 12.8 Å². The van der Waals surface area contributed by atoms with Crippen LogP contribution in [-0.4, -0.2) is 31.9 Å². The Hall–Kier alpha value is -1.02. The molecule has 0 saturated heterocycles. The van der Waals surface area contributed by atoms with Crippen LogP contribution in [0.2, 0.25) is 15.1 Å². The van der Waals surface area contributed by atoms with Crippen molar-refractivity contribution in [3.63, 3.8) is 0 Å². The van der Waals surface area contributed by atoms with Gasteiger partial charge >= 0.3 is 0 Å². The molecule has 116 valence electrons. The lowest BCUT2D eigenvalue weighted by Gasteiger charge is -2.09. The molecule has 1 aromatic carbocycles. The molecule has 0 unspecified atom stereocenters. The summed E-state index contributed by atoms with van der Waals surface area (Å²) in [5.74, 6) is -0.0935. The van der Waals surface area contributed by atoms with Gasteiger partial charge in [0.1, 0.15) is 0 Å². The number of amides is 1. The highest BCUT2D eigenvalue weighted by Gasteiger charge is 2.28. The fourth-order valence-electron chi connectivity index (χ4n) is 1.80. The summed E-state index contributed by atoms with van der Waals surface area (Å²) in [5.41, 5.74) is 0.347. The molecule has 1 saturated carbocycles. The first kappa shape index (κ1) is 15.9. The fourth-order valence-corrected chi connectivity index (χ4v) is 3.45. The predicted molar refractivity (Wildman–Crippen MR) is 86.9 cm³/mol. The van der Waals surface area contributed by atoms with Crippen molar-refractivity contribution in [3.05, 3.63) is 27.2 Å². The van der Waals surface area contributed by atoms with E-state index in [4.69, 9.17) is 34.8 Å². The lowest BCUT2D eigenvalue weighted by Crippen LogP contribution is -2.15. The number of carbonyl (C=O) groups excluding carboxylic acids is 1. The summed E-state index contributed by atoms with van der Waals surface area (Å²) in [7, 11) is 0. The molecule has 22 heavy (non-hydrogen) atoms. The molecule has 6 nitrogen and oxygen atoms in total. The smallest absolute Gasteiger partial charge is 0.234 e. The topological polar surface area (TPSA) is 72.7 Å². The number of carbonyl (C=O) groups is 1. The van der Waals surface area contributed by atoms with E-state index < -0.39 is 0 Å². The molecule has 2 aromatic rings. The van der Waals surface area contributed by atoms with Gasteiger partial charge < -0.3 is 5.32 Å². The monoisotopic (exact) mass is 377 g/mol. The second-order valence-corrected chi connectivity index (χ2v) is 6.91. The molecular formula is C12H10Cl3N5OS. The van der Waals surface area contributed by atoms with Crippen molar-refractivity contribution in [2.45, 2.75) is 24.0 Å². The quantitative estimate of drug-likeness (QED) is 0.803. The van der Waals surface area contributed by atoms with Crippen LogP contribution in [0.25, 0.3) is 0 Å². The molecule has 10 heteroatoms. The van der Waals surface area contributed by atoms with Crippen LogP contribution >= 0.6 is 46.6 Å². The van der Waals surface area contributed by atoms with Gasteiger partial charge in [0.05, 0.1) is 27.5 Å². The Kier molecular flexibility index (Phi) is 4.77. The second kappa shape index (κ2) is 6.62. The van der Waals surface area contributed by atoms with Crippen LogP contribution in [0.4, 0.5) is 5.69 Å². The Labute approximate surface area is 145 Å². The highest BCUT2D eigenvalue weighted by Crippen LogP contribution is 2.36. The second-order valence-electron chi connectivity index (χ2n) is 4.72. The molecule has 1 heterocycles. The molecule has 1 aliphatic carbocycles. The summed E-state index contributed by atoms with van der Waals surface area (Å²) in [6.07, 6.45) is 2.14. The van der Waals surface area contributed by atoms with E-state index in [0.29, 0.717) is 32.0 Å². The average molecular weight is 379 g/mol. The first-order valence-electron chi connectivity index (χ1n) is 6.39. The number of tetrazole rings is 1. The van der Waals surface area contributed by atoms with Gasteiger partial charge in [0.2, 0.25) is 11.1 Å². The van der Waals surface area contributed by atoms with E-state index >= 15 is 0 Å². The van der Waals surface area contributed by atoms with Crippen LogP contribution < -0.4 is 5.32 Å². The van der Waals surface area contributed by atoms with Crippen LogP contribution in [0.5, 0.6) is 0 Å². The molecule has 1 amide bonds. The number of hydrogen-bond acceptors (Lipinski definition) is 5. The highest BCUT2D eigenvalue weighted by atomic mass is 35.5. The maximum Gasteiger partial charge on any atom is 0.234 e. The number of hydrogen-bond donors (Lipinski definition) is 1. The van der Waals surface area contributed by atoms with Gasteiger partial charge in [-0.2, -0.15) is 0 Å². The molecular weight excluding hydrogens is 369 g/mol. The first-order chi connectivity index (χ1) is 10.5. The number of nitrogens with zero attached hydrogens (tertiary/aromatic N) is 4. The van der Waals surface area contributed by atoms with E-state index in [1.54, 1.807) is 4.68 Å². The van der Waals surface area contributed by atoms with Gasteiger partial charge in [0.25, 0.3) is 0 Å². The molecule has 0 atom stereocenters. The van der Waals surface area contributed by atoms with Crippen molar-refractivity contribution >= 4 is 58.2 Å². The largest absolute Gasteiger partial charge is 0.323 e. The fraction of sp³-hybridized carbons (Fsp3) is 0.333. The number of anilines is 1. The maximum absolute atomic E-state index is 12.0. The lowest BCUT2D eigenvalue weighted by atomic mass is 10.3. The summed E-state index contributed by atoms with van der Waals surface area (Å²) in [6, 6.07) is 3.40. The molecule has 0 aliphatic heterocycles. The zero-order valence-corrected chi connectivity index (χ0v) is 14.2. The maximum atomic E-state index is 12.0. The normalized spacial score (nSPS) is 14.1. The first-order valence-corrected chi connectivity index (χ1v) is 8.51. The molecule has 1 aromatic heterocycles. The van der Waals surface area contributed by atoms with Crippen LogP contribution in [0.15, 0.2) is 17.3 Å². The summed E-state index contributed by atoms with van der Waals surface area (Å²) in [6.45, 7) is 0. The minimum atomic E-state index is -0.249. The van der Waals surface area contributed by atoms with Gasteiger partial charge in [-0.15, -0.1) is 5.10 Å². The molecule has 0 bridgehead atoms. The molecule has 0 radical (unpaired) electrons. The molecule has 1 N–H and O–H groups in total. The third-order valence-corrected chi connectivity index (χ3v) is 4.71. The van der Waals surface area contributed by atoms with Gasteiger partial charge in [-0.25, -0.2) is 4.68 Å². The standard InChI is InChI=1S/C12H10Cl3N5OS/c13-6-3-8(14)11(9(15)4-6)16-10(21)5-22-12-17-18-19-20(12)7-1-2-7/h3-4,7H,1-2,5H2,(H,16,21). The Bertz CT molecular complexity index is 696. The Balaban J connectivity index is 1.62. The molecule has 1 aliphatic rings. The number of thioether (sulfide) groups is 1. The van der Waals surface area contributed by atoms with Crippen molar-refractivity contribution in [1.82, 2.24) is 20.2 Å². The highest BCUT2D eigenvalue weighted by molar-refractivity contribution is 7.99. The van der Waals surface area contributed by atoms with E-state index in [2.05, 4.69) is 20.8 Å². The van der Waals surface area contributed by atoms with Gasteiger partial charge in [-0.05, 0) is 35.4 Å². The van der Waals surface area contributed by atoms with Crippen molar-refractivity contribution in [2.24, 2.45) is 0 Å². The summed E-state index contributed by atoms with van der Waals surface area (Å²) >= 11 is 19.2.